The van der Waals surface area contributed by atoms with Crippen LogP contribution >= 0.6 is 23.1 Å². The van der Waals surface area contributed by atoms with Gasteiger partial charge in [0.25, 0.3) is 0 Å². The van der Waals surface area contributed by atoms with Crippen molar-refractivity contribution >= 4 is 29.1 Å². The number of rotatable bonds is 1. The van der Waals surface area contributed by atoms with Crippen LogP contribution in [0.25, 0.3) is 0 Å². The quantitative estimate of drug-likeness (QED) is 0.670. The van der Waals surface area contributed by atoms with Crippen molar-refractivity contribution in [1.29, 1.82) is 0 Å². The summed E-state index contributed by atoms with van der Waals surface area (Å²) in [7, 11) is 0. The third kappa shape index (κ3) is 1.36. The molecule has 0 amide bonds. The lowest BCUT2D eigenvalue weighted by Crippen LogP contribution is -1.93. The maximum absolute atomic E-state index is 10.1. The monoisotopic (exact) mass is 164 g/mol. The second-order valence-corrected chi connectivity index (χ2v) is 2.26. The topological polar surface area (TPSA) is 63.1 Å². The van der Waals surface area contributed by atoms with Gasteiger partial charge in [0.1, 0.15) is 0 Å². The predicted octanol–water partition coefficient (Wildman–Crippen LogP) is 0.890. The largest absolute Gasteiger partial charge is 0.476 e. The molecule has 0 unspecified atom stereocenters. The molecule has 6 heteroatoms. The van der Waals surface area contributed by atoms with E-state index in [1.165, 1.54) is 0 Å². The number of nitrogens with zero attached hydrogens (tertiary/aromatic N) is 2. The Kier molecular flexibility index (Phi) is 1.63. The third-order valence-electron chi connectivity index (χ3n) is 0.584. The van der Waals surface area contributed by atoms with Gasteiger partial charge in [0.15, 0.2) is 0 Å². The van der Waals surface area contributed by atoms with E-state index in [-0.39, 0.29) is 10.3 Å². The summed E-state index contributed by atoms with van der Waals surface area (Å²) in [5, 5.41) is 8.15. The van der Waals surface area contributed by atoms with Crippen molar-refractivity contribution in [2.75, 3.05) is 0 Å². The van der Waals surface area contributed by atoms with Crippen molar-refractivity contribution in [2.45, 2.75) is 0 Å². The van der Waals surface area contributed by atoms with E-state index in [9.17, 15) is 4.79 Å². The zero-order valence-corrected chi connectivity index (χ0v) is 5.61. The fourth-order valence-electron chi connectivity index (χ4n) is 0.292. The summed E-state index contributed by atoms with van der Waals surface area (Å²) in [6.07, 6.45) is 0. The number of halogens is 1. The van der Waals surface area contributed by atoms with E-state index in [0.717, 1.165) is 11.5 Å². The normalized spacial score (nSPS) is 9.44. The summed E-state index contributed by atoms with van der Waals surface area (Å²) in [4.78, 5) is 13.4. The molecule has 1 aromatic heterocycles. The molecule has 9 heavy (non-hydrogen) atoms. The zero-order chi connectivity index (χ0) is 6.85. The molecule has 0 aromatic carbocycles. The van der Waals surface area contributed by atoms with Crippen molar-refractivity contribution in [2.24, 2.45) is 0 Å². The Morgan fingerprint density at radius 3 is 2.67 bits per heavy atom. The molecule has 48 valence electrons. The molecule has 0 saturated carbocycles. The van der Waals surface area contributed by atoms with Crippen molar-refractivity contribution in [3.63, 3.8) is 0 Å². The molecule has 0 atom stereocenters. The minimum absolute atomic E-state index is 0.0163. The van der Waals surface area contributed by atoms with Gasteiger partial charge in [-0.25, -0.2) is 4.79 Å². The van der Waals surface area contributed by atoms with Crippen molar-refractivity contribution in [1.82, 2.24) is 9.36 Å². The number of carboxylic acid groups (broad SMARTS) is 1. The fourth-order valence-corrected chi connectivity index (χ4v) is 0.939. The summed E-state index contributed by atoms with van der Waals surface area (Å²) >= 11 is 5.99. The molecule has 1 aromatic rings. The Balaban J connectivity index is 2.98. The van der Waals surface area contributed by atoms with Crippen LogP contribution < -0.4 is 0 Å². The van der Waals surface area contributed by atoms with Crippen LogP contribution in [0.3, 0.4) is 0 Å². The van der Waals surface area contributed by atoms with Crippen molar-refractivity contribution in [3.8, 4) is 0 Å². The smallest absolute Gasteiger partial charge is 0.366 e. The number of aromatic nitrogens is 2. The summed E-state index contributed by atoms with van der Waals surface area (Å²) in [6, 6.07) is 0. The summed E-state index contributed by atoms with van der Waals surface area (Å²) in [5.74, 6) is -1.10. The fraction of sp³-hybridized carbons (Fsp3) is 0. The minimum atomic E-state index is -1.10. The van der Waals surface area contributed by atoms with Crippen molar-refractivity contribution < 1.29 is 9.90 Å². The van der Waals surface area contributed by atoms with Crippen molar-refractivity contribution in [3.05, 3.63) is 10.3 Å². The van der Waals surface area contributed by atoms with Gasteiger partial charge in [0, 0.05) is 0 Å². The number of carbonyl (C=O) groups is 1. The van der Waals surface area contributed by atoms with Crippen LogP contribution in [0.4, 0.5) is 0 Å². The van der Waals surface area contributed by atoms with Gasteiger partial charge >= 0.3 is 5.97 Å². The predicted molar refractivity (Wildman–Crippen MR) is 31.9 cm³/mol. The highest BCUT2D eigenvalue weighted by atomic mass is 35.5. The molecule has 0 aliphatic rings. The molecule has 1 rings (SSSR count). The van der Waals surface area contributed by atoms with Crippen LogP contribution in [-0.4, -0.2) is 20.4 Å². The highest BCUT2D eigenvalue weighted by Crippen LogP contribution is 2.07. The molecule has 0 fully saturated rings. The van der Waals surface area contributed by atoms with E-state index in [2.05, 4.69) is 9.36 Å². The lowest BCUT2D eigenvalue weighted by Gasteiger charge is -1.76. The molecule has 0 spiro atoms. The number of hydrogen-bond donors (Lipinski definition) is 1. The molecule has 0 radical (unpaired) electrons. The highest BCUT2D eigenvalue weighted by Gasteiger charge is 2.07. The number of carboxylic acids is 1. The number of aromatic carboxylic acids is 1. The molecule has 0 aliphatic carbocycles. The van der Waals surface area contributed by atoms with Gasteiger partial charge in [0.2, 0.25) is 10.3 Å². The lowest BCUT2D eigenvalue weighted by molar-refractivity contribution is 0.0696. The minimum Gasteiger partial charge on any atom is -0.476 e. The van der Waals surface area contributed by atoms with Crippen LogP contribution in [0.2, 0.25) is 5.28 Å². The Morgan fingerprint density at radius 2 is 2.44 bits per heavy atom. The van der Waals surface area contributed by atoms with Gasteiger partial charge in [-0.3, -0.25) is 0 Å². The zero-order valence-electron chi connectivity index (χ0n) is 4.04. The summed E-state index contributed by atoms with van der Waals surface area (Å²) in [5.41, 5.74) is 0. The van der Waals surface area contributed by atoms with Crippen LogP contribution in [-0.2, 0) is 0 Å². The van der Waals surface area contributed by atoms with Crippen LogP contribution in [0.5, 0.6) is 0 Å². The summed E-state index contributed by atoms with van der Waals surface area (Å²) < 4.78 is 3.45. The van der Waals surface area contributed by atoms with E-state index in [1.54, 1.807) is 0 Å². The van der Waals surface area contributed by atoms with E-state index in [1.807, 2.05) is 0 Å². The summed E-state index contributed by atoms with van der Waals surface area (Å²) in [6.45, 7) is 0. The second-order valence-electron chi connectivity index (χ2n) is 1.17. The highest BCUT2D eigenvalue weighted by molar-refractivity contribution is 7.07. The molecular formula is C3HClN2O2S. The molecular weight excluding hydrogens is 164 g/mol. The average molecular weight is 165 g/mol. The van der Waals surface area contributed by atoms with Gasteiger partial charge in [-0.15, -0.1) is 0 Å². The molecule has 0 bridgehead atoms. The van der Waals surface area contributed by atoms with E-state index >= 15 is 0 Å². The first kappa shape index (κ1) is 6.44. The Hall–Kier alpha value is -0.680. The van der Waals surface area contributed by atoms with E-state index < -0.39 is 5.97 Å². The first-order chi connectivity index (χ1) is 4.20. The third-order valence-corrected chi connectivity index (χ3v) is 1.56. The van der Waals surface area contributed by atoms with Gasteiger partial charge < -0.3 is 5.11 Å². The first-order valence-corrected chi connectivity index (χ1v) is 3.08. The van der Waals surface area contributed by atoms with Gasteiger partial charge in [0.05, 0.1) is 0 Å². The van der Waals surface area contributed by atoms with Gasteiger partial charge in [-0.2, -0.15) is 9.36 Å². The van der Waals surface area contributed by atoms with Crippen LogP contribution in [0.1, 0.15) is 9.80 Å². The molecule has 1 N–H and O–H groups in total. The maximum Gasteiger partial charge on any atom is 0.366 e. The molecule has 0 aliphatic heterocycles. The Labute approximate surface area is 59.3 Å². The van der Waals surface area contributed by atoms with Crippen LogP contribution in [0, 0.1) is 0 Å². The van der Waals surface area contributed by atoms with E-state index in [4.69, 9.17) is 16.7 Å². The maximum atomic E-state index is 10.1. The number of hydrogen-bond acceptors (Lipinski definition) is 4. The molecule has 4 nitrogen and oxygen atoms in total. The average Bonchev–Trinajstić information content (AvgIpc) is 2.14. The molecule has 1 heterocycles. The SMILES string of the molecule is O=C(O)c1nc(Cl)ns1. The Bertz CT molecular complexity index is 235. The van der Waals surface area contributed by atoms with Crippen LogP contribution in [0.15, 0.2) is 0 Å². The standard InChI is InChI=1S/C3HClN2O2S/c4-3-5-1(2(7)8)9-6-3/h(H,7,8). The second kappa shape index (κ2) is 2.28. The Morgan fingerprint density at radius 1 is 1.78 bits per heavy atom. The lowest BCUT2D eigenvalue weighted by atomic mass is 10.7. The van der Waals surface area contributed by atoms with E-state index in [0.29, 0.717) is 0 Å². The van der Waals surface area contributed by atoms with Gasteiger partial charge in [-0.05, 0) is 23.1 Å². The molecule has 0 saturated heterocycles. The van der Waals surface area contributed by atoms with Gasteiger partial charge in [-0.1, -0.05) is 0 Å². The first-order valence-electron chi connectivity index (χ1n) is 1.92.